The first-order valence-corrected chi connectivity index (χ1v) is 11.4. The molecule has 2 aliphatic heterocycles. The average Bonchev–Trinajstić information content (AvgIpc) is 2.78. The lowest BCUT2D eigenvalue weighted by atomic mass is 9.61. The molecule has 170 valence electrons. The van der Waals surface area contributed by atoms with Crippen molar-refractivity contribution in [3.63, 3.8) is 0 Å². The van der Waals surface area contributed by atoms with Crippen LogP contribution in [0.15, 0.2) is 16.9 Å². The van der Waals surface area contributed by atoms with Crippen molar-refractivity contribution in [1.29, 1.82) is 0 Å². The molecule has 0 radical (unpaired) electrons. The summed E-state index contributed by atoms with van der Waals surface area (Å²) in [5.41, 5.74) is -0.229. The molecule has 8 nitrogen and oxygen atoms in total. The van der Waals surface area contributed by atoms with Gasteiger partial charge >= 0.3 is 5.97 Å². The lowest BCUT2D eigenvalue weighted by molar-refractivity contribution is -0.168. The zero-order valence-corrected chi connectivity index (χ0v) is 18.5. The standard InChI is InChI=1S/C23H33N3O5/c1-3-31-22(29)23-8-6-18(25-10-12-30-13-11-25)14-17(23)7-9-26(15-23)21(28)19-5-4-16(2)24-20(19)27/h4-5,17-18H,3,6-15H2,1-2H3,(H,24,27)/t17-,18-,23-/m1/s1. The monoisotopic (exact) mass is 431 g/mol. The Bertz CT molecular complexity index is 878. The van der Waals surface area contributed by atoms with Crippen LogP contribution in [-0.2, 0) is 14.3 Å². The van der Waals surface area contributed by atoms with E-state index in [1.165, 1.54) is 0 Å². The van der Waals surface area contributed by atoms with Crippen molar-refractivity contribution < 1.29 is 19.1 Å². The molecular weight excluding hydrogens is 398 g/mol. The number of nitrogens with one attached hydrogen (secondary N) is 1. The molecule has 1 aromatic heterocycles. The van der Waals surface area contributed by atoms with E-state index in [0.717, 1.165) is 45.6 Å². The second-order valence-corrected chi connectivity index (χ2v) is 9.05. The topological polar surface area (TPSA) is 91.9 Å². The van der Waals surface area contributed by atoms with Crippen molar-refractivity contribution >= 4 is 11.9 Å². The Hall–Kier alpha value is -2.19. The molecule has 3 aliphatic rings. The van der Waals surface area contributed by atoms with Gasteiger partial charge in [-0.15, -0.1) is 0 Å². The molecule has 1 saturated carbocycles. The molecule has 3 atom stereocenters. The summed E-state index contributed by atoms with van der Waals surface area (Å²) in [6, 6.07) is 3.75. The summed E-state index contributed by atoms with van der Waals surface area (Å²) in [6.45, 7) is 8.19. The quantitative estimate of drug-likeness (QED) is 0.728. The first-order chi connectivity index (χ1) is 14.9. The van der Waals surface area contributed by atoms with Crippen LogP contribution in [-0.4, -0.2) is 78.7 Å². The van der Waals surface area contributed by atoms with Crippen LogP contribution in [0.3, 0.4) is 0 Å². The largest absolute Gasteiger partial charge is 0.466 e. The number of fused-ring (bicyclic) bond motifs is 1. The van der Waals surface area contributed by atoms with E-state index >= 15 is 0 Å². The fourth-order valence-electron chi connectivity index (χ4n) is 5.60. The van der Waals surface area contributed by atoms with E-state index in [1.807, 2.05) is 6.92 Å². The van der Waals surface area contributed by atoms with Gasteiger partial charge in [0.2, 0.25) is 0 Å². The minimum atomic E-state index is -0.690. The molecule has 2 saturated heterocycles. The second-order valence-electron chi connectivity index (χ2n) is 9.05. The number of likely N-dealkylation sites (tertiary alicyclic amines) is 1. The van der Waals surface area contributed by atoms with Crippen molar-refractivity contribution in [3.05, 3.63) is 33.7 Å². The van der Waals surface area contributed by atoms with Crippen molar-refractivity contribution in [1.82, 2.24) is 14.8 Å². The number of hydrogen-bond donors (Lipinski definition) is 1. The first-order valence-electron chi connectivity index (χ1n) is 11.4. The summed E-state index contributed by atoms with van der Waals surface area (Å²) in [6.07, 6.45) is 3.29. The van der Waals surface area contributed by atoms with Crippen LogP contribution in [0.4, 0.5) is 0 Å². The lowest BCUT2D eigenvalue weighted by Crippen LogP contribution is -2.60. The Kier molecular flexibility index (Phi) is 6.48. The molecule has 31 heavy (non-hydrogen) atoms. The fourth-order valence-corrected chi connectivity index (χ4v) is 5.60. The van der Waals surface area contributed by atoms with Gasteiger partial charge in [-0.25, -0.2) is 0 Å². The number of esters is 1. The number of aromatic amines is 1. The molecule has 0 bridgehead atoms. The van der Waals surface area contributed by atoms with Crippen LogP contribution in [0.5, 0.6) is 0 Å². The molecule has 3 heterocycles. The number of ether oxygens (including phenoxy) is 2. The van der Waals surface area contributed by atoms with Crippen LogP contribution in [0.25, 0.3) is 0 Å². The third-order valence-electron chi connectivity index (χ3n) is 7.30. The normalized spacial score (nSPS) is 29.3. The number of piperidine rings is 1. The van der Waals surface area contributed by atoms with Gasteiger partial charge in [-0.05, 0) is 57.6 Å². The molecule has 0 spiro atoms. The number of morpholine rings is 1. The SMILES string of the molecule is CCOC(=O)[C@@]12CC[C@@H](N3CCOCC3)C[C@H]1CCN(C(=O)c1ccc(C)[nH]c1=O)C2. The van der Waals surface area contributed by atoms with E-state index in [2.05, 4.69) is 9.88 Å². The van der Waals surface area contributed by atoms with E-state index in [-0.39, 0.29) is 28.9 Å². The molecule has 8 heteroatoms. The van der Waals surface area contributed by atoms with Gasteiger partial charge in [-0.1, -0.05) is 0 Å². The van der Waals surface area contributed by atoms with Crippen LogP contribution in [0, 0.1) is 18.3 Å². The van der Waals surface area contributed by atoms with E-state index in [9.17, 15) is 14.4 Å². The fraction of sp³-hybridized carbons (Fsp3) is 0.696. The number of nitrogens with zero attached hydrogens (tertiary/aromatic N) is 2. The van der Waals surface area contributed by atoms with Crippen LogP contribution >= 0.6 is 0 Å². The number of H-pyrrole nitrogens is 1. The number of amides is 1. The first kappa shape index (κ1) is 22.0. The van der Waals surface area contributed by atoms with Gasteiger partial charge in [0.25, 0.3) is 11.5 Å². The van der Waals surface area contributed by atoms with Gasteiger partial charge in [0.05, 0.1) is 25.2 Å². The molecular formula is C23H33N3O5. The Morgan fingerprint density at radius 3 is 2.71 bits per heavy atom. The Morgan fingerprint density at radius 1 is 1.23 bits per heavy atom. The molecule has 4 rings (SSSR count). The van der Waals surface area contributed by atoms with Gasteiger partial charge in [0.1, 0.15) is 5.56 Å². The number of rotatable bonds is 4. The highest BCUT2D eigenvalue weighted by molar-refractivity contribution is 5.94. The highest BCUT2D eigenvalue weighted by atomic mass is 16.5. The highest BCUT2D eigenvalue weighted by Crippen LogP contribution is 2.48. The summed E-state index contributed by atoms with van der Waals surface area (Å²) in [4.78, 5) is 45.6. The third kappa shape index (κ3) is 4.28. The number of carbonyl (C=O) groups excluding carboxylic acids is 2. The van der Waals surface area contributed by atoms with Crippen molar-refractivity contribution in [2.45, 2.75) is 45.6 Å². The lowest BCUT2D eigenvalue weighted by Gasteiger charge is -2.52. The van der Waals surface area contributed by atoms with E-state index in [4.69, 9.17) is 9.47 Å². The number of pyridine rings is 1. The van der Waals surface area contributed by atoms with Gasteiger partial charge in [0.15, 0.2) is 0 Å². The van der Waals surface area contributed by atoms with Crippen molar-refractivity contribution in [3.8, 4) is 0 Å². The number of carbonyl (C=O) groups is 2. The predicted octanol–water partition coefficient (Wildman–Crippen LogP) is 1.58. The Balaban J connectivity index is 1.55. The smallest absolute Gasteiger partial charge is 0.314 e. The maximum absolute atomic E-state index is 13.2. The molecule has 1 amide bonds. The van der Waals surface area contributed by atoms with Crippen molar-refractivity contribution in [2.24, 2.45) is 11.3 Å². The zero-order chi connectivity index (χ0) is 22.0. The van der Waals surface area contributed by atoms with Crippen LogP contribution < -0.4 is 5.56 Å². The molecule has 1 aromatic rings. The predicted molar refractivity (Wildman–Crippen MR) is 115 cm³/mol. The van der Waals surface area contributed by atoms with Crippen LogP contribution in [0.1, 0.15) is 48.7 Å². The summed E-state index contributed by atoms with van der Waals surface area (Å²) >= 11 is 0. The number of hydrogen-bond acceptors (Lipinski definition) is 6. The highest BCUT2D eigenvalue weighted by Gasteiger charge is 2.54. The maximum atomic E-state index is 13.2. The Labute approximate surface area is 182 Å². The van der Waals surface area contributed by atoms with Crippen LogP contribution in [0.2, 0.25) is 0 Å². The maximum Gasteiger partial charge on any atom is 0.314 e. The molecule has 0 aromatic carbocycles. The summed E-state index contributed by atoms with van der Waals surface area (Å²) in [7, 11) is 0. The van der Waals surface area contributed by atoms with E-state index < -0.39 is 5.41 Å². The minimum absolute atomic E-state index is 0.130. The van der Waals surface area contributed by atoms with Gasteiger partial charge in [-0.2, -0.15) is 0 Å². The van der Waals surface area contributed by atoms with E-state index in [0.29, 0.717) is 37.9 Å². The van der Waals surface area contributed by atoms with E-state index in [1.54, 1.807) is 24.0 Å². The van der Waals surface area contributed by atoms with Gasteiger partial charge < -0.3 is 19.4 Å². The van der Waals surface area contributed by atoms with Gasteiger partial charge in [0, 0.05) is 37.9 Å². The molecule has 1 aliphatic carbocycles. The zero-order valence-electron chi connectivity index (χ0n) is 18.5. The van der Waals surface area contributed by atoms with Crippen molar-refractivity contribution in [2.75, 3.05) is 46.0 Å². The number of aryl methyl sites for hydroxylation is 1. The minimum Gasteiger partial charge on any atom is -0.466 e. The molecule has 1 N–H and O–H groups in total. The summed E-state index contributed by atoms with van der Waals surface area (Å²) < 4.78 is 11.0. The summed E-state index contributed by atoms with van der Waals surface area (Å²) in [5.74, 6) is -0.331. The number of aromatic nitrogens is 1. The molecule has 0 unspecified atom stereocenters. The third-order valence-corrected chi connectivity index (χ3v) is 7.30. The Morgan fingerprint density at radius 2 is 2.00 bits per heavy atom. The average molecular weight is 432 g/mol. The summed E-state index contributed by atoms with van der Waals surface area (Å²) in [5, 5.41) is 0. The van der Waals surface area contributed by atoms with Gasteiger partial charge in [-0.3, -0.25) is 19.3 Å². The molecule has 3 fully saturated rings. The second kappa shape index (κ2) is 9.12.